The predicted octanol–water partition coefficient (Wildman–Crippen LogP) is 3.20. The van der Waals surface area contributed by atoms with Crippen molar-refractivity contribution in [2.75, 3.05) is 45.5 Å². The van der Waals surface area contributed by atoms with Gasteiger partial charge in [0.15, 0.2) is 11.5 Å². The van der Waals surface area contributed by atoms with Crippen molar-refractivity contribution >= 4 is 22.6 Å². The maximum atomic E-state index is 12.9. The predicted molar refractivity (Wildman–Crippen MR) is 121 cm³/mol. The van der Waals surface area contributed by atoms with E-state index >= 15 is 0 Å². The molecule has 3 aromatic rings. The fraction of sp³-hybridized carbons (Fsp3) is 0.333. The minimum atomic E-state index is -0.244. The molecule has 2 atom stereocenters. The van der Waals surface area contributed by atoms with Crippen LogP contribution in [-0.2, 0) is 4.74 Å². The first-order valence-corrected chi connectivity index (χ1v) is 10.7. The summed E-state index contributed by atoms with van der Waals surface area (Å²) in [5, 5.41) is 6.97. The molecule has 0 unspecified atom stereocenters. The fourth-order valence-corrected chi connectivity index (χ4v) is 4.39. The smallest absolute Gasteiger partial charge is 0.319 e. The number of rotatable bonds is 6. The Morgan fingerprint density at radius 2 is 1.97 bits per heavy atom. The van der Waals surface area contributed by atoms with E-state index < -0.39 is 0 Å². The third-order valence-corrected chi connectivity index (χ3v) is 5.98. The van der Waals surface area contributed by atoms with Crippen LogP contribution in [-0.4, -0.2) is 62.1 Å². The number of methoxy groups -OCH3 is 1. The summed E-state index contributed by atoms with van der Waals surface area (Å²) in [6.45, 7) is 3.37. The highest BCUT2D eigenvalue weighted by molar-refractivity contribution is 5.93. The van der Waals surface area contributed by atoms with E-state index in [2.05, 4.69) is 32.7 Å². The molecule has 2 aliphatic rings. The summed E-state index contributed by atoms with van der Waals surface area (Å²) in [5.41, 5.74) is 2.63. The van der Waals surface area contributed by atoms with E-state index in [1.165, 1.54) is 5.56 Å². The second kappa shape index (κ2) is 9.02. The molecule has 0 spiro atoms. The molecule has 5 rings (SSSR count). The highest BCUT2D eigenvalue weighted by atomic mass is 16.7. The van der Waals surface area contributed by atoms with E-state index in [-0.39, 0.29) is 24.8 Å². The monoisotopic (exact) mass is 434 g/mol. The SMILES string of the molecule is COCCN1C[C@@H](NC(=O)Nc2cnc3cc4c(cc3c2)OCO4)[C@H](c2ccccc2)C1. The Morgan fingerprint density at radius 1 is 1.16 bits per heavy atom. The minimum absolute atomic E-state index is 0.00325. The van der Waals surface area contributed by atoms with Crippen LogP contribution in [0.25, 0.3) is 10.9 Å². The Labute approximate surface area is 186 Å². The molecule has 1 aromatic heterocycles. The van der Waals surface area contributed by atoms with Gasteiger partial charge in [0.25, 0.3) is 0 Å². The first-order chi connectivity index (χ1) is 15.7. The maximum Gasteiger partial charge on any atom is 0.319 e. The summed E-state index contributed by atoms with van der Waals surface area (Å²) in [5.74, 6) is 1.59. The van der Waals surface area contributed by atoms with Crippen LogP contribution < -0.4 is 20.1 Å². The lowest BCUT2D eigenvalue weighted by atomic mass is 9.94. The molecule has 32 heavy (non-hydrogen) atoms. The average molecular weight is 434 g/mol. The Balaban J connectivity index is 1.29. The van der Waals surface area contributed by atoms with E-state index in [9.17, 15) is 4.79 Å². The molecule has 0 bridgehead atoms. The first kappa shape index (κ1) is 20.5. The van der Waals surface area contributed by atoms with Crippen molar-refractivity contribution in [1.82, 2.24) is 15.2 Å². The maximum absolute atomic E-state index is 12.9. The number of carbonyl (C=O) groups is 1. The van der Waals surface area contributed by atoms with E-state index in [4.69, 9.17) is 14.2 Å². The van der Waals surface area contributed by atoms with Gasteiger partial charge in [-0.15, -0.1) is 0 Å². The second-order valence-electron chi connectivity index (χ2n) is 8.10. The number of benzene rings is 2. The zero-order valence-electron chi connectivity index (χ0n) is 17.9. The molecule has 0 aliphatic carbocycles. The number of amides is 2. The van der Waals surface area contributed by atoms with Gasteiger partial charge in [0.05, 0.1) is 30.0 Å². The topological polar surface area (TPSA) is 85.0 Å². The normalized spacial score (nSPS) is 19.9. The highest BCUT2D eigenvalue weighted by Crippen LogP contribution is 2.36. The molecule has 0 radical (unpaired) electrons. The van der Waals surface area contributed by atoms with E-state index in [0.29, 0.717) is 23.8 Å². The zero-order valence-corrected chi connectivity index (χ0v) is 17.9. The van der Waals surface area contributed by atoms with Crippen LogP contribution in [0.1, 0.15) is 11.5 Å². The molecule has 1 saturated heterocycles. The standard InChI is InChI=1S/C24H26N4O4/c1-30-8-7-28-13-19(16-5-3-2-4-6-16)21(14-28)27-24(29)26-18-9-17-10-22-23(32-15-31-22)11-20(17)25-12-18/h2-6,9-12,19,21H,7-8,13-15H2,1H3,(H2,26,27,29)/t19-,21+/m0/s1. The molecule has 2 amide bonds. The van der Waals surface area contributed by atoms with Crippen molar-refractivity contribution in [1.29, 1.82) is 0 Å². The van der Waals surface area contributed by atoms with Gasteiger partial charge in [-0.2, -0.15) is 0 Å². The summed E-state index contributed by atoms with van der Waals surface area (Å²) in [6.07, 6.45) is 1.65. The summed E-state index contributed by atoms with van der Waals surface area (Å²) >= 11 is 0. The third kappa shape index (κ3) is 4.32. The molecule has 8 nitrogen and oxygen atoms in total. The van der Waals surface area contributed by atoms with Gasteiger partial charge in [-0.25, -0.2) is 4.79 Å². The van der Waals surface area contributed by atoms with Gasteiger partial charge in [0, 0.05) is 44.1 Å². The van der Waals surface area contributed by atoms with Crippen LogP contribution in [0.3, 0.4) is 0 Å². The number of ether oxygens (including phenoxy) is 3. The van der Waals surface area contributed by atoms with Gasteiger partial charge in [0.1, 0.15) is 0 Å². The number of carbonyl (C=O) groups excluding carboxylic acids is 1. The Bertz CT molecular complexity index is 1110. The van der Waals surface area contributed by atoms with Crippen molar-refractivity contribution in [2.45, 2.75) is 12.0 Å². The highest BCUT2D eigenvalue weighted by Gasteiger charge is 2.34. The Hall–Kier alpha value is -3.36. The number of pyridine rings is 1. The first-order valence-electron chi connectivity index (χ1n) is 10.7. The minimum Gasteiger partial charge on any atom is -0.454 e. The number of hydrogen-bond acceptors (Lipinski definition) is 6. The average Bonchev–Trinajstić information content (AvgIpc) is 3.43. The Morgan fingerprint density at radius 3 is 2.78 bits per heavy atom. The van der Waals surface area contributed by atoms with Crippen molar-refractivity contribution in [3.8, 4) is 11.5 Å². The molecule has 3 heterocycles. The van der Waals surface area contributed by atoms with Crippen molar-refractivity contribution in [2.24, 2.45) is 0 Å². The van der Waals surface area contributed by atoms with Crippen LogP contribution >= 0.6 is 0 Å². The third-order valence-electron chi connectivity index (χ3n) is 5.98. The second-order valence-corrected chi connectivity index (χ2v) is 8.10. The molecule has 1 fully saturated rings. The number of anilines is 1. The van der Waals surface area contributed by atoms with Gasteiger partial charge in [-0.1, -0.05) is 30.3 Å². The molecule has 8 heteroatoms. The van der Waals surface area contributed by atoms with Crippen LogP contribution in [0.5, 0.6) is 11.5 Å². The van der Waals surface area contributed by atoms with E-state index in [1.807, 2.05) is 36.4 Å². The number of hydrogen-bond donors (Lipinski definition) is 2. The molecule has 2 N–H and O–H groups in total. The van der Waals surface area contributed by atoms with Crippen LogP contribution in [0, 0.1) is 0 Å². The number of nitrogens with one attached hydrogen (secondary N) is 2. The number of likely N-dealkylation sites (tertiary alicyclic amines) is 1. The number of aromatic nitrogens is 1. The molecule has 2 aliphatic heterocycles. The molecular formula is C24H26N4O4. The van der Waals surface area contributed by atoms with Crippen molar-refractivity contribution < 1.29 is 19.0 Å². The molecule has 0 saturated carbocycles. The van der Waals surface area contributed by atoms with Gasteiger partial charge in [-0.05, 0) is 17.7 Å². The number of nitrogens with zero attached hydrogens (tertiary/aromatic N) is 2. The summed E-state index contributed by atoms with van der Waals surface area (Å²) in [4.78, 5) is 19.6. The van der Waals surface area contributed by atoms with Gasteiger partial charge < -0.3 is 24.8 Å². The van der Waals surface area contributed by atoms with Crippen LogP contribution in [0.15, 0.2) is 54.7 Å². The summed E-state index contributed by atoms with van der Waals surface area (Å²) in [6, 6.07) is 15.7. The number of fused-ring (bicyclic) bond motifs is 2. The molecular weight excluding hydrogens is 408 g/mol. The quantitative estimate of drug-likeness (QED) is 0.620. The van der Waals surface area contributed by atoms with Gasteiger partial charge in [-0.3, -0.25) is 9.88 Å². The number of urea groups is 1. The lowest BCUT2D eigenvalue weighted by molar-refractivity contribution is 0.159. The van der Waals surface area contributed by atoms with E-state index in [0.717, 1.165) is 30.5 Å². The molecule has 166 valence electrons. The summed E-state index contributed by atoms with van der Waals surface area (Å²) in [7, 11) is 1.71. The summed E-state index contributed by atoms with van der Waals surface area (Å²) < 4.78 is 16.1. The zero-order chi connectivity index (χ0) is 21.9. The lowest BCUT2D eigenvalue weighted by Crippen LogP contribution is -2.42. The van der Waals surface area contributed by atoms with Crippen molar-refractivity contribution in [3.05, 3.63) is 60.3 Å². The van der Waals surface area contributed by atoms with Crippen LogP contribution in [0.2, 0.25) is 0 Å². The van der Waals surface area contributed by atoms with Gasteiger partial charge >= 0.3 is 6.03 Å². The van der Waals surface area contributed by atoms with E-state index in [1.54, 1.807) is 13.3 Å². The Kier molecular flexibility index (Phi) is 5.79. The van der Waals surface area contributed by atoms with Crippen LogP contribution in [0.4, 0.5) is 10.5 Å². The fourth-order valence-electron chi connectivity index (χ4n) is 4.39. The largest absolute Gasteiger partial charge is 0.454 e. The lowest BCUT2D eigenvalue weighted by Gasteiger charge is -2.20. The molecule has 2 aromatic carbocycles. The van der Waals surface area contributed by atoms with Gasteiger partial charge in [0.2, 0.25) is 6.79 Å². The van der Waals surface area contributed by atoms with Crippen molar-refractivity contribution in [3.63, 3.8) is 0 Å².